The molecule has 170 valence electrons. The largest absolute Gasteiger partial charge is 0.381 e. The highest BCUT2D eigenvalue weighted by Crippen LogP contribution is 2.33. The molecule has 0 atom stereocenters. The van der Waals surface area contributed by atoms with E-state index in [0.717, 1.165) is 93.0 Å². The smallest absolute Gasteiger partial charge is 0.129 e. The van der Waals surface area contributed by atoms with Gasteiger partial charge in [-0.15, -0.1) is 0 Å². The molecule has 0 aliphatic carbocycles. The molecule has 5 rings (SSSR count). The van der Waals surface area contributed by atoms with E-state index >= 15 is 0 Å². The molecule has 0 radical (unpaired) electrons. The fraction of sp³-hybridized carbons (Fsp3) is 0.520. The van der Waals surface area contributed by atoms with Gasteiger partial charge in [-0.3, -0.25) is 14.6 Å². The molecule has 2 saturated heterocycles. The topological polar surface area (TPSA) is 46.4 Å². The van der Waals surface area contributed by atoms with Crippen LogP contribution in [-0.2, 0) is 17.7 Å². The second-order valence-electron chi connectivity index (χ2n) is 8.86. The molecule has 1 aromatic carbocycles. The Labute approximate surface area is 189 Å². The average Bonchev–Trinajstić information content (AvgIpc) is 3.17. The average molecular weight is 438 g/mol. The summed E-state index contributed by atoms with van der Waals surface area (Å²) < 4.78 is 22.5. The van der Waals surface area contributed by atoms with Gasteiger partial charge in [-0.2, -0.15) is 5.10 Å². The van der Waals surface area contributed by atoms with E-state index < -0.39 is 0 Å². The lowest BCUT2D eigenvalue weighted by molar-refractivity contribution is 0.0660. The van der Waals surface area contributed by atoms with Gasteiger partial charge in [-0.25, -0.2) is 4.39 Å². The molecule has 2 fully saturated rings. The van der Waals surface area contributed by atoms with Gasteiger partial charge in [0.05, 0.1) is 22.9 Å². The Morgan fingerprint density at radius 1 is 1.12 bits per heavy atom. The number of ether oxygens (including phenoxy) is 1. The zero-order chi connectivity index (χ0) is 21.9. The maximum atomic E-state index is 14.9. The molecule has 32 heavy (non-hydrogen) atoms. The van der Waals surface area contributed by atoms with Crippen LogP contribution in [0.25, 0.3) is 10.9 Å². The summed E-state index contributed by atoms with van der Waals surface area (Å²) in [5.41, 5.74) is 3.79. The van der Waals surface area contributed by atoms with Gasteiger partial charge in [0.15, 0.2) is 0 Å². The summed E-state index contributed by atoms with van der Waals surface area (Å²) in [5, 5.41) is 5.73. The minimum atomic E-state index is -0.122. The number of halogens is 1. The maximum absolute atomic E-state index is 14.9. The van der Waals surface area contributed by atoms with E-state index in [0.29, 0.717) is 12.5 Å². The molecule has 4 heterocycles. The Balaban J connectivity index is 1.30. The molecule has 6 nitrogen and oxygen atoms in total. The SMILES string of the molecule is CCc1c(F)cc2cccnc2c1N1CCCN(Cc2ccn(C3CCOCC3)n2)CC1. The standard InChI is InChI=1S/C25H32FN5O/c1-2-22-23(26)17-19-5-3-9-27-24(19)25(22)30-11-4-10-29(13-14-30)18-20-6-12-31(28-20)21-7-15-32-16-8-21/h3,5-6,9,12,17,21H,2,4,7-8,10-11,13-16,18H2,1H3. The molecule has 7 heteroatoms. The van der Waals surface area contributed by atoms with Crippen LogP contribution >= 0.6 is 0 Å². The molecule has 0 spiro atoms. The van der Waals surface area contributed by atoms with Gasteiger partial charge in [0.1, 0.15) is 5.82 Å². The van der Waals surface area contributed by atoms with Crippen LogP contribution in [0, 0.1) is 5.82 Å². The Morgan fingerprint density at radius 2 is 2.00 bits per heavy atom. The van der Waals surface area contributed by atoms with Gasteiger partial charge in [-0.05, 0) is 43.9 Å². The van der Waals surface area contributed by atoms with Gasteiger partial charge in [0.2, 0.25) is 0 Å². The fourth-order valence-electron chi connectivity index (χ4n) is 5.09. The summed E-state index contributed by atoms with van der Waals surface area (Å²) in [5.74, 6) is -0.122. The highest BCUT2D eigenvalue weighted by atomic mass is 19.1. The minimum absolute atomic E-state index is 0.122. The first-order valence-electron chi connectivity index (χ1n) is 11.9. The van der Waals surface area contributed by atoms with Crippen LogP contribution < -0.4 is 4.90 Å². The van der Waals surface area contributed by atoms with Crippen LogP contribution in [0.1, 0.15) is 43.5 Å². The second kappa shape index (κ2) is 9.55. The highest BCUT2D eigenvalue weighted by Gasteiger charge is 2.23. The van der Waals surface area contributed by atoms with Crippen LogP contribution in [0.15, 0.2) is 36.7 Å². The van der Waals surface area contributed by atoms with E-state index in [9.17, 15) is 4.39 Å². The minimum Gasteiger partial charge on any atom is -0.381 e. The number of anilines is 1. The number of hydrogen-bond acceptors (Lipinski definition) is 5. The fourth-order valence-corrected chi connectivity index (χ4v) is 5.09. The first kappa shape index (κ1) is 21.3. The molecule has 2 aliphatic heterocycles. The molecule has 2 aliphatic rings. The summed E-state index contributed by atoms with van der Waals surface area (Å²) >= 11 is 0. The maximum Gasteiger partial charge on any atom is 0.129 e. The number of pyridine rings is 1. The number of benzene rings is 1. The van der Waals surface area contributed by atoms with E-state index in [2.05, 4.69) is 31.7 Å². The van der Waals surface area contributed by atoms with Gasteiger partial charge < -0.3 is 9.64 Å². The van der Waals surface area contributed by atoms with E-state index in [-0.39, 0.29) is 5.82 Å². The third-order valence-electron chi connectivity index (χ3n) is 6.79. The molecule has 0 saturated carbocycles. The second-order valence-corrected chi connectivity index (χ2v) is 8.86. The molecular weight excluding hydrogens is 405 g/mol. The van der Waals surface area contributed by atoms with Crippen LogP contribution in [-0.4, -0.2) is 59.1 Å². The molecular formula is C25H32FN5O. The first-order chi connectivity index (χ1) is 15.7. The van der Waals surface area contributed by atoms with Crippen molar-refractivity contribution < 1.29 is 9.13 Å². The molecule has 2 aromatic heterocycles. The van der Waals surface area contributed by atoms with Gasteiger partial charge in [0.25, 0.3) is 0 Å². The summed E-state index contributed by atoms with van der Waals surface area (Å²) in [6, 6.07) is 8.06. The van der Waals surface area contributed by atoms with Crippen molar-refractivity contribution in [1.29, 1.82) is 0 Å². The summed E-state index contributed by atoms with van der Waals surface area (Å²) in [7, 11) is 0. The van der Waals surface area contributed by atoms with Crippen LogP contribution in [0.5, 0.6) is 0 Å². The lowest BCUT2D eigenvalue weighted by Crippen LogP contribution is -2.31. The van der Waals surface area contributed by atoms with Crippen molar-refractivity contribution in [3.8, 4) is 0 Å². The predicted molar refractivity (Wildman–Crippen MR) is 125 cm³/mol. The quantitative estimate of drug-likeness (QED) is 0.599. The number of rotatable bonds is 5. The van der Waals surface area contributed by atoms with Crippen molar-refractivity contribution in [1.82, 2.24) is 19.7 Å². The molecule has 0 bridgehead atoms. The van der Waals surface area contributed by atoms with Gasteiger partial charge in [-0.1, -0.05) is 13.0 Å². The van der Waals surface area contributed by atoms with Crippen molar-refractivity contribution >= 4 is 16.6 Å². The van der Waals surface area contributed by atoms with Crippen molar-refractivity contribution in [2.75, 3.05) is 44.3 Å². The lowest BCUT2D eigenvalue weighted by Gasteiger charge is -2.27. The summed E-state index contributed by atoms with van der Waals surface area (Å²) in [6.45, 7) is 8.25. The zero-order valence-corrected chi connectivity index (χ0v) is 18.8. The number of aromatic nitrogens is 3. The predicted octanol–water partition coefficient (Wildman–Crippen LogP) is 4.20. The molecule has 0 unspecified atom stereocenters. The van der Waals surface area contributed by atoms with Crippen LogP contribution in [0.3, 0.4) is 0 Å². The number of nitrogens with zero attached hydrogens (tertiary/aromatic N) is 5. The lowest BCUT2D eigenvalue weighted by atomic mass is 10.0. The van der Waals surface area contributed by atoms with E-state index in [1.807, 2.05) is 25.3 Å². The first-order valence-corrected chi connectivity index (χ1v) is 11.9. The Hall–Kier alpha value is -2.51. The zero-order valence-electron chi connectivity index (χ0n) is 18.8. The third kappa shape index (κ3) is 4.36. The van der Waals surface area contributed by atoms with E-state index in [1.165, 1.54) is 0 Å². The molecule has 0 N–H and O–H groups in total. The highest BCUT2D eigenvalue weighted by molar-refractivity contribution is 5.93. The Kier molecular flexibility index (Phi) is 6.37. The van der Waals surface area contributed by atoms with Gasteiger partial charge in [0, 0.05) is 69.3 Å². The molecule has 3 aromatic rings. The summed E-state index contributed by atoms with van der Waals surface area (Å²) in [6.07, 6.45) is 7.70. The number of fused-ring (bicyclic) bond motifs is 1. The molecule has 0 amide bonds. The van der Waals surface area contributed by atoms with Crippen LogP contribution in [0.2, 0.25) is 0 Å². The normalized spacial score (nSPS) is 18.9. The Bertz CT molecular complexity index is 1060. The summed E-state index contributed by atoms with van der Waals surface area (Å²) in [4.78, 5) is 9.44. The number of hydrogen-bond donors (Lipinski definition) is 0. The van der Waals surface area contributed by atoms with Gasteiger partial charge >= 0.3 is 0 Å². The van der Waals surface area contributed by atoms with Crippen molar-refractivity contribution in [3.63, 3.8) is 0 Å². The van der Waals surface area contributed by atoms with Crippen molar-refractivity contribution in [2.24, 2.45) is 0 Å². The van der Waals surface area contributed by atoms with Crippen molar-refractivity contribution in [3.05, 3.63) is 53.7 Å². The van der Waals surface area contributed by atoms with E-state index in [4.69, 9.17) is 9.84 Å². The van der Waals surface area contributed by atoms with Crippen LogP contribution in [0.4, 0.5) is 10.1 Å². The third-order valence-corrected chi connectivity index (χ3v) is 6.79. The Morgan fingerprint density at radius 3 is 2.84 bits per heavy atom. The van der Waals surface area contributed by atoms with E-state index in [1.54, 1.807) is 6.07 Å². The monoisotopic (exact) mass is 437 g/mol. The van der Waals surface area contributed by atoms with Crippen molar-refractivity contribution in [2.45, 2.75) is 45.2 Å².